The molecule has 0 aromatic rings. The van der Waals surface area contributed by atoms with Crippen LogP contribution in [0.5, 0.6) is 0 Å². The molecular weight excluding hydrogens is 194 g/mol. The predicted octanol–water partition coefficient (Wildman–Crippen LogP) is 4.08. The molecule has 1 heteroatoms. The fourth-order valence-corrected chi connectivity index (χ4v) is 3.48. The Morgan fingerprint density at radius 1 is 1.12 bits per heavy atom. The molecule has 1 aliphatic carbocycles. The van der Waals surface area contributed by atoms with Gasteiger partial charge in [0.25, 0.3) is 0 Å². The molecule has 0 heterocycles. The van der Waals surface area contributed by atoms with Crippen LogP contribution < -0.4 is 5.32 Å². The summed E-state index contributed by atoms with van der Waals surface area (Å²) in [6.07, 6.45) is 6.99. The largest absolute Gasteiger partial charge is 0.317 e. The maximum Gasteiger partial charge on any atom is 0.00950 e. The zero-order valence-corrected chi connectivity index (χ0v) is 11.9. The van der Waals surface area contributed by atoms with Crippen molar-refractivity contribution < 1.29 is 0 Å². The molecule has 1 aliphatic rings. The molecule has 1 fully saturated rings. The van der Waals surface area contributed by atoms with Gasteiger partial charge in [0.15, 0.2) is 0 Å². The van der Waals surface area contributed by atoms with Crippen molar-refractivity contribution in [2.45, 2.75) is 65.8 Å². The second-order valence-corrected chi connectivity index (χ2v) is 6.32. The van der Waals surface area contributed by atoms with Crippen molar-refractivity contribution in [1.29, 1.82) is 0 Å². The van der Waals surface area contributed by atoms with E-state index in [1.807, 2.05) is 0 Å². The third-order valence-electron chi connectivity index (χ3n) is 4.51. The lowest BCUT2D eigenvalue weighted by Crippen LogP contribution is -2.39. The summed E-state index contributed by atoms with van der Waals surface area (Å²) in [7, 11) is 2.15. The third kappa shape index (κ3) is 4.08. The van der Waals surface area contributed by atoms with Crippen LogP contribution in [0.1, 0.15) is 59.8 Å². The number of hydrogen-bond acceptors (Lipinski definition) is 1. The Labute approximate surface area is 102 Å². The van der Waals surface area contributed by atoms with E-state index >= 15 is 0 Å². The molecule has 0 aromatic carbocycles. The molecule has 16 heavy (non-hydrogen) atoms. The first-order chi connectivity index (χ1) is 7.56. The summed E-state index contributed by atoms with van der Waals surface area (Å²) in [6, 6.07) is 0.750. The molecule has 0 bridgehead atoms. The maximum absolute atomic E-state index is 3.58. The average Bonchev–Trinajstić information content (AvgIpc) is 2.24. The number of nitrogens with one attached hydrogen (secondary N) is 1. The molecule has 1 nitrogen and oxygen atoms in total. The molecule has 96 valence electrons. The van der Waals surface area contributed by atoms with Gasteiger partial charge in [-0.15, -0.1) is 0 Å². The standard InChI is InChI=1S/C15H31N/c1-6-11(2)10-15(16-5)14-8-12(3)7-13(4)9-14/h11-16H,6-10H2,1-5H3. The summed E-state index contributed by atoms with van der Waals surface area (Å²) in [5.74, 6) is 3.64. The topological polar surface area (TPSA) is 12.0 Å². The van der Waals surface area contributed by atoms with Gasteiger partial charge < -0.3 is 5.32 Å². The van der Waals surface area contributed by atoms with Crippen LogP contribution >= 0.6 is 0 Å². The first kappa shape index (κ1) is 14.0. The Hall–Kier alpha value is -0.0400. The Morgan fingerprint density at radius 3 is 2.12 bits per heavy atom. The quantitative estimate of drug-likeness (QED) is 0.743. The Morgan fingerprint density at radius 2 is 1.69 bits per heavy atom. The van der Waals surface area contributed by atoms with Crippen LogP contribution in [0.4, 0.5) is 0 Å². The zero-order chi connectivity index (χ0) is 12.1. The molecule has 0 aromatic heterocycles. The lowest BCUT2D eigenvalue weighted by molar-refractivity contribution is 0.166. The van der Waals surface area contributed by atoms with Crippen molar-refractivity contribution in [2.24, 2.45) is 23.7 Å². The van der Waals surface area contributed by atoms with Crippen molar-refractivity contribution in [3.63, 3.8) is 0 Å². The summed E-state index contributed by atoms with van der Waals surface area (Å²) < 4.78 is 0. The minimum absolute atomic E-state index is 0.750. The fourth-order valence-electron chi connectivity index (χ4n) is 3.48. The molecule has 1 rings (SSSR count). The molecule has 0 radical (unpaired) electrons. The van der Waals surface area contributed by atoms with Crippen LogP contribution in [0, 0.1) is 23.7 Å². The molecular formula is C15H31N. The molecule has 1 N–H and O–H groups in total. The van der Waals surface area contributed by atoms with E-state index in [0.717, 1.165) is 29.7 Å². The van der Waals surface area contributed by atoms with Crippen molar-refractivity contribution in [2.75, 3.05) is 7.05 Å². The lowest BCUT2D eigenvalue weighted by atomic mass is 9.72. The van der Waals surface area contributed by atoms with E-state index in [0.29, 0.717) is 0 Å². The molecule has 4 unspecified atom stereocenters. The highest BCUT2D eigenvalue weighted by atomic mass is 14.9. The predicted molar refractivity (Wildman–Crippen MR) is 72.6 cm³/mol. The van der Waals surface area contributed by atoms with E-state index in [4.69, 9.17) is 0 Å². The zero-order valence-electron chi connectivity index (χ0n) is 11.9. The van der Waals surface area contributed by atoms with Crippen LogP contribution in [0.2, 0.25) is 0 Å². The summed E-state index contributed by atoms with van der Waals surface area (Å²) in [5, 5.41) is 3.58. The Bertz CT molecular complexity index is 180. The second kappa shape index (κ2) is 6.64. The number of rotatable bonds is 5. The monoisotopic (exact) mass is 225 g/mol. The van der Waals surface area contributed by atoms with Gasteiger partial charge in [0.1, 0.15) is 0 Å². The van der Waals surface area contributed by atoms with Crippen molar-refractivity contribution in [3.8, 4) is 0 Å². The molecule has 0 saturated heterocycles. The van der Waals surface area contributed by atoms with E-state index in [1.165, 1.54) is 32.1 Å². The van der Waals surface area contributed by atoms with Gasteiger partial charge in [-0.05, 0) is 56.4 Å². The first-order valence-corrected chi connectivity index (χ1v) is 7.24. The van der Waals surface area contributed by atoms with E-state index in [-0.39, 0.29) is 0 Å². The third-order valence-corrected chi connectivity index (χ3v) is 4.51. The first-order valence-electron chi connectivity index (χ1n) is 7.24. The molecule has 4 atom stereocenters. The van der Waals surface area contributed by atoms with E-state index in [2.05, 4.69) is 40.1 Å². The Balaban J connectivity index is 2.50. The van der Waals surface area contributed by atoms with Crippen LogP contribution in [-0.4, -0.2) is 13.1 Å². The molecule has 0 amide bonds. The minimum atomic E-state index is 0.750. The van der Waals surface area contributed by atoms with Crippen LogP contribution in [0.25, 0.3) is 0 Å². The van der Waals surface area contributed by atoms with E-state index < -0.39 is 0 Å². The lowest BCUT2D eigenvalue weighted by Gasteiger charge is -2.37. The SMILES string of the molecule is CCC(C)CC(NC)C1CC(C)CC(C)C1. The normalized spacial score (nSPS) is 34.7. The van der Waals surface area contributed by atoms with Gasteiger partial charge >= 0.3 is 0 Å². The van der Waals surface area contributed by atoms with Gasteiger partial charge in [-0.1, -0.05) is 34.1 Å². The van der Waals surface area contributed by atoms with Gasteiger partial charge in [0, 0.05) is 6.04 Å². The molecule has 0 spiro atoms. The molecule has 0 aliphatic heterocycles. The van der Waals surface area contributed by atoms with Crippen LogP contribution in [0.3, 0.4) is 0 Å². The van der Waals surface area contributed by atoms with Crippen LogP contribution in [0.15, 0.2) is 0 Å². The van der Waals surface area contributed by atoms with E-state index in [1.54, 1.807) is 0 Å². The van der Waals surface area contributed by atoms with Crippen molar-refractivity contribution in [3.05, 3.63) is 0 Å². The van der Waals surface area contributed by atoms with Gasteiger partial charge in [-0.2, -0.15) is 0 Å². The van der Waals surface area contributed by atoms with Gasteiger partial charge in [-0.3, -0.25) is 0 Å². The molecule has 1 saturated carbocycles. The van der Waals surface area contributed by atoms with Crippen molar-refractivity contribution >= 4 is 0 Å². The summed E-state index contributed by atoms with van der Waals surface area (Å²) in [6.45, 7) is 9.56. The summed E-state index contributed by atoms with van der Waals surface area (Å²) in [5.41, 5.74) is 0. The fraction of sp³-hybridized carbons (Fsp3) is 1.00. The highest BCUT2D eigenvalue weighted by Gasteiger charge is 2.29. The second-order valence-electron chi connectivity index (χ2n) is 6.32. The maximum atomic E-state index is 3.58. The highest BCUT2D eigenvalue weighted by Crippen LogP contribution is 2.36. The average molecular weight is 225 g/mol. The number of hydrogen-bond donors (Lipinski definition) is 1. The van der Waals surface area contributed by atoms with Gasteiger partial charge in [-0.25, -0.2) is 0 Å². The smallest absolute Gasteiger partial charge is 0.00950 e. The Kier molecular flexibility index (Phi) is 5.82. The van der Waals surface area contributed by atoms with Crippen molar-refractivity contribution in [1.82, 2.24) is 5.32 Å². The van der Waals surface area contributed by atoms with E-state index in [9.17, 15) is 0 Å². The van der Waals surface area contributed by atoms with Gasteiger partial charge in [0.05, 0.1) is 0 Å². The minimum Gasteiger partial charge on any atom is -0.317 e. The summed E-state index contributed by atoms with van der Waals surface area (Å²) in [4.78, 5) is 0. The van der Waals surface area contributed by atoms with Crippen LogP contribution in [-0.2, 0) is 0 Å². The van der Waals surface area contributed by atoms with Gasteiger partial charge in [0.2, 0.25) is 0 Å². The highest BCUT2D eigenvalue weighted by molar-refractivity contribution is 4.84. The summed E-state index contributed by atoms with van der Waals surface area (Å²) >= 11 is 0.